The van der Waals surface area contributed by atoms with Crippen LogP contribution in [-0.2, 0) is 6.54 Å². The standard InChI is InChI=1S/C15H16BrN7O/c1-22(2)12-11-13(19-8-18-12)23(14(16)21-11)7-9-4-3-5-10(6-9)20-15(17)24/h3-6,8H,7H2,1-2H3,(H3,17,20,24). The van der Waals surface area contributed by atoms with Crippen LogP contribution >= 0.6 is 15.9 Å². The molecule has 0 atom stereocenters. The molecule has 0 saturated heterocycles. The fraction of sp³-hybridized carbons (Fsp3) is 0.200. The molecule has 0 unspecified atom stereocenters. The quantitative estimate of drug-likeness (QED) is 0.665. The van der Waals surface area contributed by atoms with Crippen LogP contribution in [0.5, 0.6) is 0 Å². The summed E-state index contributed by atoms with van der Waals surface area (Å²) in [4.78, 5) is 26.0. The molecule has 2 heterocycles. The van der Waals surface area contributed by atoms with Gasteiger partial charge in [0, 0.05) is 19.8 Å². The van der Waals surface area contributed by atoms with Crippen LogP contribution in [0.3, 0.4) is 0 Å². The van der Waals surface area contributed by atoms with Crippen LogP contribution in [0.15, 0.2) is 35.3 Å². The van der Waals surface area contributed by atoms with Gasteiger partial charge in [0.15, 0.2) is 21.7 Å². The molecule has 3 rings (SSSR count). The summed E-state index contributed by atoms with van der Waals surface area (Å²) in [5, 5.41) is 2.57. The molecule has 0 aliphatic rings. The van der Waals surface area contributed by atoms with Crippen LogP contribution in [0.2, 0.25) is 0 Å². The highest BCUT2D eigenvalue weighted by atomic mass is 79.9. The first-order valence-electron chi connectivity index (χ1n) is 7.15. The molecular formula is C15H16BrN7O. The first kappa shape index (κ1) is 16.2. The van der Waals surface area contributed by atoms with E-state index in [2.05, 4.69) is 36.2 Å². The SMILES string of the molecule is CN(C)c1ncnc2c1nc(Br)n2Cc1cccc(NC(N)=O)c1. The Morgan fingerprint density at radius 1 is 1.38 bits per heavy atom. The second-order valence-corrected chi connectivity index (χ2v) is 6.13. The average molecular weight is 390 g/mol. The Labute approximate surface area is 146 Å². The molecule has 0 fully saturated rings. The molecule has 8 nitrogen and oxygen atoms in total. The maximum atomic E-state index is 11.0. The zero-order valence-corrected chi connectivity index (χ0v) is 14.8. The Balaban J connectivity index is 2.00. The van der Waals surface area contributed by atoms with E-state index in [1.54, 1.807) is 6.07 Å². The van der Waals surface area contributed by atoms with Crippen molar-refractivity contribution in [2.45, 2.75) is 6.54 Å². The minimum absolute atomic E-state index is 0.537. The zero-order chi connectivity index (χ0) is 17.3. The fourth-order valence-corrected chi connectivity index (χ4v) is 2.91. The second kappa shape index (κ2) is 6.44. The van der Waals surface area contributed by atoms with Crippen molar-refractivity contribution >= 4 is 44.6 Å². The zero-order valence-electron chi connectivity index (χ0n) is 13.2. The number of anilines is 2. The van der Waals surface area contributed by atoms with Gasteiger partial charge < -0.3 is 16.0 Å². The van der Waals surface area contributed by atoms with Gasteiger partial charge in [-0.3, -0.25) is 4.57 Å². The molecule has 0 aliphatic heterocycles. The van der Waals surface area contributed by atoms with Gasteiger partial charge >= 0.3 is 6.03 Å². The Morgan fingerprint density at radius 2 is 2.17 bits per heavy atom. The molecule has 2 aromatic heterocycles. The van der Waals surface area contributed by atoms with E-state index in [4.69, 9.17) is 5.73 Å². The molecule has 3 aromatic rings. The molecule has 2 amide bonds. The maximum Gasteiger partial charge on any atom is 0.316 e. The first-order chi connectivity index (χ1) is 11.5. The van der Waals surface area contributed by atoms with E-state index in [0.717, 1.165) is 22.5 Å². The van der Waals surface area contributed by atoms with Gasteiger partial charge in [-0.05, 0) is 33.6 Å². The topological polar surface area (TPSA) is 102 Å². The number of hydrogen-bond donors (Lipinski definition) is 2. The summed E-state index contributed by atoms with van der Waals surface area (Å²) in [5.74, 6) is 0.753. The van der Waals surface area contributed by atoms with Crippen molar-refractivity contribution in [1.82, 2.24) is 19.5 Å². The number of aromatic nitrogens is 4. The van der Waals surface area contributed by atoms with Crippen molar-refractivity contribution in [3.05, 3.63) is 40.9 Å². The van der Waals surface area contributed by atoms with E-state index < -0.39 is 6.03 Å². The lowest BCUT2D eigenvalue weighted by molar-refractivity contribution is 0.259. The summed E-state index contributed by atoms with van der Waals surface area (Å²) in [6.45, 7) is 0.537. The molecule has 0 aliphatic carbocycles. The minimum Gasteiger partial charge on any atom is -0.361 e. The highest BCUT2D eigenvalue weighted by Crippen LogP contribution is 2.25. The highest BCUT2D eigenvalue weighted by Gasteiger charge is 2.15. The van der Waals surface area contributed by atoms with Crippen molar-refractivity contribution in [2.75, 3.05) is 24.3 Å². The normalized spacial score (nSPS) is 10.8. The number of amides is 2. The number of rotatable bonds is 4. The number of carbonyl (C=O) groups is 1. The van der Waals surface area contributed by atoms with Gasteiger partial charge in [0.2, 0.25) is 0 Å². The number of carbonyl (C=O) groups excluding carboxylic acids is 1. The summed E-state index contributed by atoms with van der Waals surface area (Å²) in [5.41, 5.74) is 8.23. The first-order valence-corrected chi connectivity index (χ1v) is 7.94. The lowest BCUT2D eigenvalue weighted by Gasteiger charge is -2.11. The molecule has 24 heavy (non-hydrogen) atoms. The fourth-order valence-electron chi connectivity index (χ4n) is 2.44. The number of hydrogen-bond acceptors (Lipinski definition) is 5. The lowest BCUT2D eigenvalue weighted by atomic mass is 10.2. The number of fused-ring (bicyclic) bond motifs is 1. The molecule has 1 aromatic carbocycles. The predicted molar refractivity (Wildman–Crippen MR) is 96.1 cm³/mol. The van der Waals surface area contributed by atoms with Gasteiger partial charge in [-0.1, -0.05) is 12.1 Å². The van der Waals surface area contributed by atoms with Gasteiger partial charge in [0.25, 0.3) is 0 Å². The van der Waals surface area contributed by atoms with Gasteiger partial charge in [0.05, 0.1) is 6.54 Å². The Kier molecular flexibility index (Phi) is 4.34. The monoisotopic (exact) mass is 389 g/mol. The van der Waals surface area contributed by atoms with E-state index in [-0.39, 0.29) is 0 Å². The smallest absolute Gasteiger partial charge is 0.316 e. The molecule has 0 spiro atoms. The van der Waals surface area contributed by atoms with Gasteiger partial charge in [-0.15, -0.1) is 0 Å². The van der Waals surface area contributed by atoms with E-state index in [0.29, 0.717) is 17.0 Å². The largest absolute Gasteiger partial charge is 0.361 e. The summed E-state index contributed by atoms with van der Waals surface area (Å²) in [7, 11) is 3.82. The van der Waals surface area contributed by atoms with E-state index in [1.807, 2.05) is 41.8 Å². The molecule has 0 bridgehead atoms. The van der Waals surface area contributed by atoms with Gasteiger partial charge in [0.1, 0.15) is 6.33 Å². The van der Waals surface area contributed by atoms with Crippen LogP contribution in [0, 0.1) is 0 Å². The van der Waals surface area contributed by atoms with Gasteiger partial charge in [-0.25, -0.2) is 19.7 Å². The number of nitrogens with zero attached hydrogens (tertiary/aromatic N) is 5. The third-order valence-corrected chi connectivity index (χ3v) is 4.03. The molecule has 0 saturated carbocycles. The highest BCUT2D eigenvalue weighted by molar-refractivity contribution is 9.10. The van der Waals surface area contributed by atoms with Crippen molar-refractivity contribution < 1.29 is 4.79 Å². The third-order valence-electron chi connectivity index (χ3n) is 3.42. The Bertz CT molecular complexity index is 906. The minimum atomic E-state index is -0.593. The van der Waals surface area contributed by atoms with Crippen LogP contribution in [0.4, 0.5) is 16.3 Å². The van der Waals surface area contributed by atoms with Crippen LogP contribution in [-0.4, -0.2) is 39.6 Å². The lowest BCUT2D eigenvalue weighted by Crippen LogP contribution is -2.19. The number of urea groups is 1. The van der Waals surface area contributed by atoms with Gasteiger partial charge in [-0.2, -0.15) is 0 Å². The maximum absolute atomic E-state index is 11.0. The van der Waals surface area contributed by atoms with Crippen LogP contribution in [0.25, 0.3) is 11.2 Å². The van der Waals surface area contributed by atoms with Crippen LogP contribution < -0.4 is 16.0 Å². The number of benzene rings is 1. The Hall–Kier alpha value is -2.68. The number of nitrogens with two attached hydrogens (primary N) is 1. The summed E-state index contributed by atoms with van der Waals surface area (Å²) in [6, 6.07) is 6.86. The van der Waals surface area contributed by atoms with Crippen molar-refractivity contribution in [1.29, 1.82) is 0 Å². The van der Waals surface area contributed by atoms with Crippen molar-refractivity contribution in [2.24, 2.45) is 5.73 Å². The average Bonchev–Trinajstić information content (AvgIpc) is 2.83. The Morgan fingerprint density at radius 3 is 2.88 bits per heavy atom. The molecule has 0 radical (unpaired) electrons. The predicted octanol–water partition coefficient (Wildman–Crippen LogP) is 2.19. The number of imidazole rings is 1. The number of halogens is 1. The van der Waals surface area contributed by atoms with Crippen molar-refractivity contribution in [3.8, 4) is 0 Å². The summed E-state index contributed by atoms with van der Waals surface area (Å²) in [6.07, 6.45) is 1.52. The molecular weight excluding hydrogens is 374 g/mol. The summed E-state index contributed by atoms with van der Waals surface area (Å²) < 4.78 is 2.60. The van der Waals surface area contributed by atoms with E-state index >= 15 is 0 Å². The molecule has 9 heteroatoms. The third kappa shape index (κ3) is 3.16. The second-order valence-electron chi connectivity index (χ2n) is 5.42. The molecule has 3 N–H and O–H groups in total. The number of nitrogens with one attached hydrogen (secondary N) is 1. The van der Waals surface area contributed by atoms with E-state index in [9.17, 15) is 4.79 Å². The van der Waals surface area contributed by atoms with E-state index in [1.165, 1.54) is 6.33 Å². The summed E-state index contributed by atoms with van der Waals surface area (Å²) >= 11 is 3.49. The number of primary amides is 1. The van der Waals surface area contributed by atoms with Crippen LogP contribution in [0.1, 0.15) is 5.56 Å². The van der Waals surface area contributed by atoms with Crippen molar-refractivity contribution in [3.63, 3.8) is 0 Å². The molecule has 124 valence electrons.